The van der Waals surface area contributed by atoms with E-state index in [0.29, 0.717) is 23.7 Å². The lowest BCUT2D eigenvalue weighted by atomic mass is 9.35. The smallest absolute Gasteiger partial charge is 0.317 e. The van der Waals surface area contributed by atoms with Crippen molar-refractivity contribution in [2.75, 3.05) is 0 Å². The van der Waals surface area contributed by atoms with Crippen LogP contribution >= 0.6 is 0 Å². The third-order valence-electron chi connectivity index (χ3n) is 14.2. The van der Waals surface area contributed by atoms with Crippen LogP contribution in [0.5, 0.6) is 0 Å². The first-order valence-electron chi connectivity index (χ1n) is 17.1. The molecule has 0 aromatic rings. The van der Waals surface area contributed by atoms with E-state index in [4.69, 9.17) is 14.2 Å². The van der Waals surface area contributed by atoms with Crippen LogP contribution in [0.3, 0.4) is 0 Å². The fourth-order valence-corrected chi connectivity index (χ4v) is 11.9. The fourth-order valence-electron chi connectivity index (χ4n) is 11.9. The van der Waals surface area contributed by atoms with Gasteiger partial charge in [-0.25, -0.2) is 0 Å². The minimum Gasteiger partial charge on any atom is -0.463 e. The van der Waals surface area contributed by atoms with Gasteiger partial charge in [0.15, 0.2) is 0 Å². The third kappa shape index (κ3) is 4.97. The van der Waals surface area contributed by atoms with Gasteiger partial charge in [0.1, 0.15) is 12.5 Å². The summed E-state index contributed by atoms with van der Waals surface area (Å²) in [4.78, 5) is 24.9. The molecule has 1 aliphatic heterocycles. The van der Waals surface area contributed by atoms with E-state index in [1.54, 1.807) is 13.8 Å². The highest BCUT2D eigenvalue weighted by molar-refractivity contribution is 5.91. The summed E-state index contributed by atoms with van der Waals surface area (Å²) >= 11 is 0. The standard InChI is InChI=1S/C36H60O6/c1-22(2)40-29(37)21-30(38)41-27-15-17-33(7)25(31(27,3)4)14-19-35(9)26(33)12-11-23-24(13-18-34(23,35)8)36(10)20-16-28(42-36)32(5,6)39/h22-28,39H,11-21H2,1-10H3/t23-,24+,25+,26-,27-,28-,33+,34-,35-,36+/m1/s1. The van der Waals surface area contributed by atoms with Crippen LogP contribution in [0.1, 0.15) is 140 Å². The van der Waals surface area contributed by atoms with E-state index in [1.807, 2.05) is 13.8 Å². The van der Waals surface area contributed by atoms with Crippen LogP contribution in [0, 0.1) is 45.3 Å². The van der Waals surface area contributed by atoms with Gasteiger partial charge in [0.25, 0.3) is 0 Å². The molecule has 0 bridgehead atoms. The summed E-state index contributed by atoms with van der Waals surface area (Å²) in [7, 11) is 0. The first-order chi connectivity index (χ1) is 19.3. The molecule has 10 atom stereocenters. The lowest BCUT2D eigenvalue weighted by molar-refractivity contribution is -0.232. The molecule has 5 aliphatic rings. The van der Waals surface area contributed by atoms with Crippen LogP contribution in [0.2, 0.25) is 0 Å². The van der Waals surface area contributed by atoms with Gasteiger partial charge in [-0.15, -0.1) is 0 Å². The van der Waals surface area contributed by atoms with Crippen molar-refractivity contribution in [2.24, 2.45) is 45.3 Å². The maximum atomic E-state index is 12.8. The van der Waals surface area contributed by atoms with Gasteiger partial charge in [-0.1, -0.05) is 34.6 Å². The molecule has 1 heterocycles. The Balaban J connectivity index is 1.33. The quantitative estimate of drug-likeness (QED) is 0.254. The molecule has 0 aromatic carbocycles. The van der Waals surface area contributed by atoms with Gasteiger partial charge in [0.2, 0.25) is 0 Å². The zero-order chi connectivity index (χ0) is 31.1. The number of carbonyl (C=O) groups is 2. The van der Waals surface area contributed by atoms with E-state index in [-0.39, 0.29) is 52.0 Å². The molecule has 5 rings (SSSR count). The van der Waals surface area contributed by atoms with Gasteiger partial charge in [0, 0.05) is 5.41 Å². The highest BCUT2D eigenvalue weighted by Crippen LogP contribution is 2.76. The van der Waals surface area contributed by atoms with Crippen molar-refractivity contribution < 1.29 is 28.9 Å². The average molecular weight is 589 g/mol. The number of hydrogen-bond acceptors (Lipinski definition) is 6. The minimum absolute atomic E-state index is 0.0806. The van der Waals surface area contributed by atoms with Crippen LogP contribution in [0.25, 0.3) is 0 Å². The summed E-state index contributed by atoms with van der Waals surface area (Å²) < 4.78 is 18.0. The number of fused-ring (bicyclic) bond motifs is 5. The van der Waals surface area contributed by atoms with Crippen LogP contribution in [-0.2, 0) is 23.8 Å². The summed E-state index contributed by atoms with van der Waals surface area (Å²) in [5.41, 5.74) is -0.365. The number of ether oxygens (including phenoxy) is 3. The molecule has 1 saturated heterocycles. The molecule has 6 heteroatoms. The molecule has 240 valence electrons. The van der Waals surface area contributed by atoms with Gasteiger partial charge < -0.3 is 19.3 Å². The highest BCUT2D eigenvalue weighted by Gasteiger charge is 2.70. The molecule has 6 nitrogen and oxygen atoms in total. The molecule has 4 saturated carbocycles. The molecular weight excluding hydrogens is 528 g/mol. The number of aliphatic hydroxyl groups is 1. The predicted octanol–water partition coefficient (Wildman–Crippen LogP) is 7.63. The summed E-state index contributed by atoms with van der Waals surface area (Å²) in [5, 5.41) is 10.7. The summed E-state index contributed by atoms with van der Waals surface area (Å²) in [6.45, 7) is 22.1. The Morgan fingerprint density at radius 1 is 0.810 bits per heavy atom. The molecule has 0 unspecified atom stereocenters. The van der Waals surface area contributed by atoms with Crippen LogP contribution in [0.4, 0.5) is 0 Å². The molecular formula is C36H60O6. The van der Waals surface area contributed by atoms with Gasteiger partial charge in [-0.05, 0) is 139 Å². The molecule has 0 amide bonds. The maximum Gasteiger partial charge on any atom is 0.317 e. The van der Waals surface area contributed by atoms with E-state index >= 15 is 0 Å². The maximum absolute atomic E-state index is 12.8. The molecule has 5 fully saturated rings. The van der Waals surface area contributed by atoms with Crippen LogP contribution in [0.15, 0.2) is 0 Å². The van der Waals surface area contributed by atoms with E-state index < -0.39 is 17.5 Å². The van der Waals surface area contributed by atoms with Gasteiger partial charge in [-0.2, -0.15) is 0 Å². The number of esters is 2. The van der Waals surface area contributed by atoms with Crippen molar-refractivity contribution in [3.63, 3.8) is 0 Å². The van der Waals surface area contributed by atoms with Crippen LogP contribution in [-0.4, -0.2) is 46.6 Å². The lowest BCUT2D eigenvalue weighted by Gasteiger charge is -2.70. The SMILES string of the molecule is CC(C)OC(=O)CC(=O)O[C@@H]1CC[C@]2(C)[C@H]3CC[C@@H]4[C@@H]([C@]5(C)CC[C@H](C(C)(C)O)O5)CC[C@@]4(C)[C@]3(C)CC[C@H]2C1(C)C. The fraction of sp³-hybridized carbons (Fsp3) is 0.944. The van der Waals surface area contributed by atoms with E-state index in [2.05, 4.69) is 41.5 Å². The van der Waals surface area contributed by atoms with Gasteiger partial charge in [-0.3, -0.25) is 9.59 Å². The van der Waals surface area contributed by atoms with Crippen molar-refractivity contribution in [1.82, 2.24) is 0 Å². The second-order valence-electron chi connectivity index (χ2n) is 17.5. The average Bonchev–Trinajstić information content (AvgIpc) is 3.42. The first-order valence-corrected chi connectivity index (χ1v) is 17.1. The van der Waals surface area contributed by atoms with E-state index in [0.717, 1.165) is 32.1 Å². The highest BCUT2D eigenvalue weighted by atomic mass is 16.6. The number of carbonyl (C=O) groups excluding carboxylic acids is 2. The van der Waals surface area contributed by atoms with Crippen molar-refractivity contribution >= 4 is 11.9 Å². The Morgan fingerprint density at radius 3 is 2.10 bits per heavy atom. The predicted molar refractivity (Wildman–Crippen MR) is 164 cm³/mol. The summed E-state index contributed by atoms with van der Waals surface area (Å²) in [6.07, 6.45) is 10.5. The largest absolute Gasteiger partial charge is 0.463 e. The molecule has 0 aromatic heterocycles. The monoisotopic (exact) mass is 588 g/mol. The Labute approximate surface area is 255 Å². The molecule has 4 aliphatic carbocycles. The third-order valence-corrected chi connectivity index (χ3v) is 14.2. The first kappa shape index (κ1) is 32.3. The summed E-state index contributed by atoms with van der Waals surface area (Å²) in [6, 6.07) is 0. The van der Waals surface area contributed by atoms with Crippen LogP contribution < -0.4 is 0 Å². The van der Waals surface area contributed by atoms with Gasteiger partial charge in [0.05, 0.1) is 23.4 Å². The molecule has 0 radical (unpaired) electrons. The zero-order valence-corrected chi connectivity index (χ0v) is 28.3. The Morgan fingerprint density at radius 2 is 1.48 bits per heavy atom. The van der Waals surface area contributed by atoms with Crippen molar-refractivity contribution in [3.05, 3.63) is 0 Å². The Bertz CT molecular complexity index is 1060. The van der Waals surface area contributed by atoms with Crippen molar-refractivity contribution in [2.45, 2.75) is 169 Å². The Hall–Kier alpha value is -1.14. The topological polar surface area (TPSA) is 82.1 Å². The second-order valence-corrected chi connectivity index (χ2v) is 17.5. The molecule has 0 spiro atoms. The van der Waals surface area contributed by atoms with E-state index in [9.17, 15) is 14.7 Å². The van der Waals surface area contributed by atoms with Crippen molar-refractivity contribution in [1.29, 1.82) is 0 Å². The normalized spacial score (nSPS) is 46.5. The molecule has 42 heavy (non-hydrogen) atoms. The second kappa shape index (κ2) is 10.5. The minimum atomic E-state index is -0.798. The zero-order valence-electron chi connectivity index (χ0n) is 28.3. The van der Waals surface area contributed by atoms with Gasteiger partial charge >= 0.3 is 11.9 Å². The Kier molecular flexibility index (Phi) is 8.03. The summed E-state index contributed by atoms with van der Waals surface area (Å²) in [5.74, 6) is 1.35. The number of rotatable bonds is 6. The van der Waals surface area contributed by atoms with E-state index in [1.165, 1.54) is 32.1 Å². The lowest BCUT2D eigenvalue weighted by Crippen LogP contribution is -2.64. The number of hydrogen-bond donors (Lipinski definition) is 1. The van der Waals surface area contributed by atoms with Crippen molar-refractivity contribution in [3.8, 4) is 0 Å². The molecule has 1 N–H and O–H groups in total.